The van der Waals surface area contributed by atoms with Crippen LogP contribution in [0.25, 0.3) is 0 Å². The van der Waals surface area contributed by atoms with E-state index in [1.165, 1.54) is 0 Å². The number of ether oxygens (including phenoxy) is 1. The van der Waals surface area contributed by atoms with Gasteiger partial charge in [0.2, 0.25) is 5.89 Å². The maximum Gasteiger partial charge on any atom is 0.232 e. The Balaban J connectivity index is 2.08. The van der Waals surface area contributed by atoms with Crippen LogP contribution < -0.4 is 5.32 Å². The largest absolute Gasteiger partial charge is 0.378 e. The Morgan fingerprint density at radius 1 is 1.57 bits per heavy atom. The molecule has 2 unspecified atom stereocenters. The second-order valence-electron chi connectivity index (χ2n) is 3.55. The van der Waals surface area contributed by atoms with Gasteiger partial charge in [-0.05, 0) is 20.4 Å². The monoisotopic (exact) mass is 197 g/mol. The molecule has 0 saturated carbocycles. The fourth-order valence-electron chi connectivity index (χ4n) is 1.70. The number of rotatable bonds is 3. The molecule has 0 aliphatic carbocycles. The summed E-state index contributed by atoms with van der Waals surface area (Å²) in [4.78, 5) is 4.31. The lowest BCUT2D eigenvalue weighted by Gasteiger charge is -2.07. The van der Waals surface area contributed by atoms with Gasteiger partial charge in [-0.3, -0.25) is 0 Å². The molecule has 2 atom stereocenters. The topological polar surface area (TPSA) is 60.2 Å². The number of hydrogen-bond donors (Lipinski definition) is 1. The predicted octanol–water partition coefficient (Wildman–Crippen LogP) is 0.681. The van der Waals surface area contributed by atoms with E-state index in [1.54, 1.807) is 0 Å². The minimum atomic E-state index is 0.192. The zero-order valence-electron chi connectivity index (χ0n) is 8.49. The summed E-state index contributed by atoms with van der Waals surface area (Å²) >= 11 is 0. The Hall–Kier alpha value is -0.940. The number of aromatic nitrogens is 2. The molecular formula is C9H15N3O2. The summed E-state index contributed by atoms with van der Waals surface area (Å²) in [6.07, 6.45) is 1.17. The molecule has 0 bridgehead atoms. The van der Waals surface area contributed by atoms with Gasteiger partial charge in [-0.25, -0.2) is 0 Å². The van der Waals surface area contributed by atoms with Crippen molar-refractivity contribution in [1.29, 1.82) is 0 Å². The molecule has 5 heteroatoms. The summed E-state index contributed by atoms with van der Waals surface area (Å²) in [6.45, 7) is 3.47. The van der Waals surface area contributed by atoms with Gasteiger partial charge in [-0.2, -0.15) is 4.98 Å². The summed E-state index contributed by atoms with van der Waals surface area (Å²) < 4.78 is 10.6. The first-order chi connectivity index (χ1) is 6.81. The third-order valence-electron chi connectivity index (χ3n) is 2.51. The highest BCUT2D eigenvalue weighted by atomic mass is 16.5. The molecule has 78 valence electrons. The van der Waals surface area contributed by atoms with Crippen LogP contribution in [0.5, 0.6) is 0 Å². The van der Waals surface area contributed by atoms with Gasteiger partial charge in [0.15, 0.2) is 5.82 Å². The minimum absolute atomic E-state index is 0.192. The maximum atomic E-state index is 5.45. The lowest BCUT2D eigenvalue weighted by molar-refractivity contribution is 0.113. The summed E-state index contributed by atoms with van der Waals surface area (Å²) in [6, 6.07) is 0. The van der Waals surface area contributed by atoms with E-state index in [9.17, 15) is 0 Å². The van der Waals surface area contributed by atoms with E-state index >= 15 is 0 Å². The molecule has 0 amide bonds. The van der Waals surface area contributed by atoms with Crippen molar-refractivity contribution in [1.82, 2.24) is 15.5 Å². The van der Waals surface area contributed by atoms with Crippen LogP contribution in [0, 0.1) is 0 Å². The molecule has 0 aromatic carbocycles. The molecule has 5 nitrogen and oxygen atoms in total. The first-order valence-corrected chi connectivity index (χ1v) is 4.90. The number of nitrogens with one attached hydrogen (secondary N) is 1. The lowest BCUT2D eigenvalue weighted by Crippen LogP contribution is -2.10. The standard InChI is InChI=1S/C9H15N3O2/c1-6-7(3-4-13-6)9-11-8(5-10-2)12-14-9/h6-7,10H,3-5H2,1-2H3. The molecular weight excluding hydrogens is 182 g/mol. The molecule has 0 spiro atoms. The average molecular weight is 197 g/mol. The van der Waals surface area contributed by atoms with Crippen molar-refractivity contribution in [2.75, 3.05) is 13.7 Å². The minimum Gasteiger partial charge on any atom is -0.378 e. The van der Waals surface area contributed by atoms with Crippen molar-refractivity contribution in [3.63, 3.8) is 0 Å². The number of nitrogens with zero attached hydrogens (tertiary/aromatic N) is 2. The first kappa shape index (κ1) is 9.61. The van der Waals surface area contributed by atoms with Crippen molar-refractivity contribution < 1.29 is 9.26 Å². The molecule has 1 aliphatic heterocycles. The SMILES string of the molecule is CNCc1noc(C2CCOC2C)n1. The molecule has 2 rings (SSSR count). The van der Waals surface area contributed by atoms with Gasteiger partial charge in [0.25, 0.3) is 0 Å². The van der Waals surface area contributed by atoms with E-state index in [1.807, 2.05) is 14.0 Å². The van der Waals surface area contributed by atoms with Crippen LogP contribution in [0.1, 0.15) is 31.0 Å². The van der Waals surface area contributed by atoms with Crippen molar-refractivity contribution in [2.24, 2.45) is 0 Å². The lowest BCUT2D eigenvalue weighted by atomic mass is 10.0. The molecule has 1 aliphatic rings. The van der Waals surface area contributed by atoms with E-state index in [0.29, 0.717) is 18.3 Å². The highest BCUT2D eigenvalue weighted by Crippen LogP contribution is 2.29. The van der Waals surface area contributed by atoms with Gasteiger partial charge in [0.05, 0.1) is 18.6 Å². The Bertz CT molecular complexity index is 300. The van der Waals surface area contributed by atoms with Crippen LogP contribution in [-0.2, 0) is 11.3 Å². The molecule has 2 heterocycles. The van der Waals surface area contributed by atoms with Crippen LogP contribution in [-0.4, -0.2) is 29.9 Å². The maximum absolute atomic E-state index is 5.45. The first-order valence-electron chi connectivity index (χ1n) is 4.90. The van der Waals surface area contributed by atoms with Gasteiger partial charge in [-0.15, -0.1) is 0 Å². The van der Waals surface area contributed by atoms with Gasteiger partial charge < -0.3 is 14.6 Å². The fourth-order valence-corrected chi connectivity index (χ4v) is 1.70. The van der Waals surface area contributed by atoms with E-state index in [4.69, 9.17) is 9.26 Å². The second kappa shape index (κ2) is 4.06. The molecule has 1 N–H and O–H groups in total. The van der Waals surface area contributed by atoms with Gasteiger partial charge in [0, 0.05) is 6.61 Å². The van der Waals surface area contributed by atoms with Crippen molar-refractivity contribution >= 4 is 0 Å². The van der Waals surface area contributed by atoms with E-state index in [2.05, 4.69) is 15.5 Å². The van der Waals surface area contributed by atoms with Crippen LogP contribution in [0.3, 0.4) is 0 Å². The predicted molar refractivity (Wildman–Crippen MR) is 49.8 cm³/mol. The van der Waals surface area contributed by atoms with E-state index in [-0.39, 0.29) is 12.0 Å². The third kappa shape index (κ3) is 1.78. The Labute approximate surface area is 82.8 Å². The molecule has 14 heavy (non-hydrogen) atoms. The molecule has 1 aromatic rings. The van der Waals surface area contributed by atoms with Crippen LogP contribution in [0.15, 0.2) is 4.52 Å². The average Bonchev–Trinajstić information content (AvgIpc) is 2.74. The highest BCUT2D eigenvalue weighted by molar-refractivity contribution is 4.98. The third-order valence-corrected chi connectivity index (χ3v) is 2.51. The van der Waals surface area contributed by atoms with Crippen molar-refractivity contribution in [2.45, 2.75) is 31.9 Å². The van der Waals surface area contributed by atoms with E-state index in [0.717, 1.165) is 13.0 Å². The molecule has 1 saturated heterocycles. The Morgan fingerprint density at radius 3 is 3.07 bits per heavy atom. The Morgan fingerprint density at radius 2 is 2.43 bits per heavy atom. The van der Waals surface area contributed by atoms with Gasteiger partial charge in [0.1, 0.15) is 0 Å². The summed E-state index contributed by atoms with van der Waals surface area (Å²) in [5, 5.41) is 6.86. The van der Waals surface area contributed by atoms with Gasteiger partial charge in [-0.1, -0.05) is 5.16 Å². The molecule has 0 radical (unpaired) electrons. The quantitative estimate of drug-likeness (QED) is 0.772. The van der Waals surface area contributed by atoms with Crippen LogP contribution >= 0.6 is 0 Å². The zero-order chi connectivity index (χ0) is 9.97. The highest BCUT2D eigenvalue weighted by Gasteiger charge is 2.30. The molecule has 1 aromatic heterocycles. The number of hydrogen-bond acceptors (Lipinski definition) is 5. The fraction of sp³-hybridized carbons (Fsp3) is 0.778. The Kier molecular flexibility index (Phi) is 2.79. The van der Waals surface area contributed by atoms with Crippen molar-refractivity contribution in [3.8, 4) is 0 Å². The summed E-state index contributed by atoms with van der Waals surface area (Å²) in [5.74, 6) is 1.69. The summed E-state index contributed by atoms with van der Waals surface area (Å²) in [7, 11) is 1.86. The zero-order valence-corrected chi connectivity index (χ0v) is 8.49. The second-order valence-corrected chi connectivity index (χ2v) is 3.55. The van der Waals surface area contributed by atoms with Crippen LogP contribution in [0.4, 0.5) is 0 Å². The van der Waals surface area contributed by atoms with E-state index < -0.39 is 0 Å². The van der Waals surface area contributed by atoms with Gasteiger partial charge >= 0.3 is 0 Å². The smallest absolute Gasteiger partial charge is 0.232 e. The normalized spacial score (nSPS) is 27.0. The molecule has 1 fully saturated rings. The van der Waals surface area contributed by atoms with Crippen molar-refractivity contribution in [3.05, 3.63) is 11.7 Å². The summed E-state index contributed by atoms with van der Waals surface area (Å²) in [5.41, 5.74) is 0. The van der Waals surface area contributed by atoms with Crippen LogP contribution in [0.2, 0.25) is 0 Å².